The highest BCUT2D eigenvalue weighted by atomic mass is 32.2. The molecule has 1 amide bonds. The van der Waals surface area contributed by atoms with Crippen molar-refractivity contribution >= 4 is 35.4 Å². The van der Waals surface area contributed by atoms with Crippen molar-refractivity contribution < 1.29 is 14.3 Å². The molecule has 1 aromatic carbocycles. The third-order valence-electron chi connectivity index (χ3n) is 4.35. The summed E-state index contributed by atoms with van der Waals surface area (Å²) < 4.78 is 5.05. The minimum Gasteiger partial charge on any atom is -0.454 e. The SMILES string of the molecule is CN(C(=O)COC(=O)C1SCCS1)C1CCCc2ccccc21. The van der Waals surface area contributed by atoms with Crippen LogP contribution in [0.4, 0.5) is 0 Å². The first-order valence-corrected chi connectivity index (χ1v) is 10.00. The maximum atomic E-state index is 12.4. The molecule has 124 valence electrons. The lowest BCUT2D eigenvalue weighted by atomic mass is 9.87. The Hall–Kier alpha value is -1.14. The molecule has 1 aliphatic carbocycles. The molecule has 1 unspecified atom stereocenters. The van der Waals surface area contributed by atoms with Crippen LogP contribution >= 0.6 is 23.5 Å². The Morgan fingerprint density at radius 3 is 2.78 bits per heavy atom. The van der Waals surface area contributed by atoms with Crippen molar-refractivity contribution in [3.05, 3.63) is 35.4 Å². The lowest BCUT2D eigenvalue weighted by molar-refractivity contribution is -0.150. The summed E-state index contributed by atoms with van der Waals surface area (Å²) in [5.74, 6) is 1.53. The molecule has 1 fully saturated rings. The van der Waals surface area contributed by atoms with Gasteiger partial charge in [-0.3, -0.25) is 4.79 Å². The van der Waals surface area contributed by atoms with Crippen molar-refractivity contribution in [1.29, 1.82) is 0 Å². The molecule has 0 bridgehead atoms. The number of aryl methyl sites for hydroxylation is 1. The van der Waals surface area contributed by atoms with E-state index in [-0.39, 0.29) is 29.1 Å². The van der Waals surface area contributed by atoms with E-state index in [0.717, 1.165) is 30.8 Å². The van der Waals surface area contributed by atoms with Gasteiger partial charge in [-0.05, 0) is 30.4 Å². The van der Waals surface area contributed by atoms with Crippen LogP contribution in [0, 0.1) is 0 Å². The Labute approximate surface area is 145 Å². The number of carbonyl (C=O) groups is 2. The van der Waals surface area contributed by atoms with Crippen molar-refractivity contribution in [3.8, 4) is 0 Å². The fourth-order valence-corrected chi connectivity index (χ4v) is 5.67. The number of carbonyl (C=O) groups excluding carboxylic acids is 2. The summed E-state index contributed by atoms with van der Waals surface area (Å²) in [5.41, 5.74) is 2.54. The lowest BCUT2D eigenvalue weighted by Crippen LogP contribution is -2.36. The number of esters is 1. The van der Waals surface area contributed by atoms with E-state index in [2.05, 4.69) is 12.1 Å². The van der Waals surface area contributed by atoms with Crippen molar-refractivity contribution in [2.45, 2.75) is 29.9 Å². The molecule has 0 saturated carbocycles. The first-order chi connectivity index (χ1) is 11.2. The Kier molecular flexibility index (Phi) is 5.54. The summed E-state index contributed by atoms with van der Waals surface area (Å²) in [4.78, 5) is 26.1. The zero-order valence-corrected chi connectivity index (χ0v) is 14.8. The maximum Gasteiger partial charge on any atom is 0.329 e. The average Bonchev–Trinajstić information content (AvgIpc) is 3.13. The van der Waals surface area contributed by atoms with Gasteiger partial charge in [0.1, 0.15) is 4.58 Å². The zero-order valence-electron chi connectivity index (χ0n) is 13.2. The average molecular weight is 351 g/mol. The van der Waals surface area contributed by atoms with Gasteiger partial charge in [-0.1, -0.05) is 24.3 Å². The van der Waals surface area contributed by atoms with Gasteiger partial charge in [0.2, 0.25) is 0 Å². The number of rotatable bonds is 4. The maximum absolute atomic E-state index is 12.4. The first kappa shape index (κ1) is 16.7. The van der Waals surface area contributed by atoms with Crippen LogP contribution in [0.2, 0.25) is 0 Å². The molecule has 1 heterocycles. The van der Waals surface area contributed by atoms with E-state index in [9.17, 15) is 9.59 Å². The number of hydrogen-bond donors (Lipinski definition) is 0. The summed E-state index contributed by atoms with van der Waals surface area (Å²) in [7, 11) is 1.81. The Morgan fingerprint density at radius 1 is 1.26 bits per heavy atom. The molecule has 0 radical (unpaired) electrons. The predicted octanol–water partition coefficient (Wildman–Crippen LogP) is 2.87. The highest BCUT2D eigenvalue weighted by Crippen LogP contribution is 2.34. The fraction of sp³-hybridized carbons (Fsp3) is 0.529. The monoisotopic (exact) mass is 351 g/mol. The van der Waals surface area contributed by atoms with Crippen molar-refractivity contribution in [1.82, 2.24) is 4.90 Å². The molecule has 0 spiro atoms. The van der Waals surface area contributed by atoms with Crippen LogP contribution < -0.4 is 0 Å². The molecule has 1 aromatic rings. The van der Waals surface area contributed by atoms with Gasteiger partial charge in [0, 0.05) is 18.6 Å². The number of fused-ring (bicyclic) bond motifs is 1. The van der Waals surface area contributed by atoms with Crippen LogP contribution in [-0.4, -0.2) is 46.5 Å². The van der Waals surface area contributed by atoms with E-state index >= 15 is 0 Å². The molecule has 6 heteroatoms. The van der Waals surface area contributed by atoms with Gasteiger partial charge in [-0.2, -0.15) is 0 Å². The van der Waals surface area contributed by atoms with Crippen LogP contribution in [0.3, 0.4) is 0 Å². The van der Waals surface area contributed by atoms with E-state index in [1.807, 2.05) is 19.2 Å². The van der Waals surface area contributed by atoms with E-state index in [1.54, 1.807) is 28.4 Å². The van der Waals surface area contributed by atoms with E-state index in [1.165, 1.54) is 11.1 Å². The predicted molar refractivity (Wildman–Crippen MR) is 94.6 cm³/mol. The summed E-state index contributed by atoms with van der Waals surface area (Å²) in [6.07, 6.45) is 3.11. The second-order valence-corrected chi connectivity index (χ2v) is 8.52. The number of thioether (sulfide) groups is 2. The van der Waals surface area contributed by atoms with Gasteiger partial charge in [-0.25, -0.2) is 4.79 Å². The number of hydrogen-bond acceptors (Lipinski definition) is 5. The van der Waals surface area contributed by atoms with Gasteiger partial charge in [0.25, 0.3) is 5.91 Å². The molecule has 1 aliphatic heterocycles. The number of likely N-dealkylation sites (N-methyl/N-ethyl adjacent to an activating group) is 1. The van der Waals surface area contributed by atoms with Crippen LogP contribution in [-0.2, 0) is 20.7 Å². The zero-order chi connectivity index (χ0) is 16.2. The van der Waals surface area contributed by atoms with Crippen LogP contribution in [0.25, 0.3) is 0 Å². The van der Waals surface area contributed by atoms with Gasteiger partial charge in [0.05, 0.1) is 6.04 Å². The second kappa shape index (κ2) is 7.62. The standard InChI is InChI=1S/C17H21NO3S2/c1-18(14-8-4-6-12-5-2-3-7-13(12)14)15(19)11-21-16(20)17-22-9-10-23-17/h2-3,5,7,14,17H,4,6,8-11H2,1H3. The molecule has 0 aromatic heterocycles. The summed E-state index contributed by atoms with van der Waals surface area (Å²) in [6, 6.07) is 8.38. The third-order valence-corrected chi connectivity index (χ3v) is 7.30. The number of benzene rings is 1. The lowest BCUT2D eigenvalue weighted by Gasteiger charge is -2.33. The molecule has 0 N–H and O–H groups in total. The Balaban J connectivity index is 1.58. The number of amides is 1. The Morgan fingerprint density at radius 2 is 2.00 bits per heavy atom. The molecular weight excluding hydrogens is 330 g/mol. The smallest absolute Gasteiger partial charge is 0.329 e. The summed E-state index contributed by atoms with van der Waals surface area (Å²) >= 11 is 3.19. The third kappa shape index (κ3) is 3.86. The van der Waals surface area contributed by atoms with E-state index in [0.29, 0.717) is 0 Å². The fourth-order valence-electron chi connectivity index (χ4n) is 3.10. The number of nitrogens with zero attached hydrogens (tertiary/aromatic N) is 1. The normalized spacial score (nSPS) is 20.8. The largest absolute Gasteiger partial charge is 0.454 e. The highest BCUT2D eigenvalue weighted by Gasteiger charge is 2.29. The van der Waals surface area contributed by atoms with E-state index < -0.39 is 0 Å². The van der Waals surface area contributed by atoms with Gasteiger partial charge in [-0.15, -0.1) is 23.5 Å². The molecule has 1 atom stereocenters. The molecule has 23 heavy (non-hydrogen) atoms. The van der Waals surface area contributed by atoms with Crippen molar-refractivity contribution in [2.75, 3.05) is 25.2 Å². The molecular formula is C17H21NO3S2. The summed E-state index contributed by atoms with van der Waals surface area (Å²) in [6.45, 7) is -0.161. The van der Waals surface area contributed by atoms with E-state index in [4.69, 9.17) is 4.74 Å². The Bertz CT molecular complexity index is 587. The first-order valence-electron chi connectivity index (χ1n) is 7.90. The summed E-state index contributed by atoms with van der Waals surface area (Å²) in [5, 5.41) is 0. The van der Waals surface area contributed by atoms with Gasteiger partial charge in [0.15, 0.2) is 6.61 Å². The quantitative estimate of drug-likeness (QED) is 0.781. The molecule has 1 saturated heterocycles. The molecule has 4 nitrogen and oxygen atoms in total. The minimum atomic E-state index is -0.275. The van der Waals surface area contributed by atoms with Gasteiger partial charge < -0.3 is 9.64 Å². The highest BCUT2D eigenvalue weighted by molar-refractivity contribution is 8.21. The van der Waals surface area contributed by atoms with Gasteiger partial charge >= 0.3 is 5.97 Å². The minimum absolute atomic E-state index is 0.0846. The molecule has 3 rings (SSSR count). The molecule has 2 aliphatic rings. The number of ether oxygens (including phenoxy) is 1. The second-order valence-electron chi connectivity index (χ2n) is 5.79. The van der Waals surface area contributed by atoms with Crippen molar-refractivity contribution in [3.63, 3.8) is 0 Å². The topological polar surface area (TPSA) is 46.6 Å². The van der Waals surface area contributed by atoms with Crippen molar-refractivity contribution in [2.24, 2.45) is 0 Å². The van der Waals surface area contributed by atoms with Crippen LogP contribution in [0.5, 0.6) is 0 Å². The van der Waals surface area contributed by atoms with Crippen LogP contribution in [0.1, 0.15) is 30.0 Å². The van der Waals surface area contributed by atoms with Crippen LogP contribution in [0.15, 0.2) is 24.3 Å².